The minimum atomic E-state index is -0.646. The fourth-order valence-electron chi connectivity index (χ4n) is 2.37. The molecule has 5 heteroatoms. The Hall–Kier alpha value is -2.95. The Kier molecular flexibility index (Phi) is 6.46. The topological polar surface area (TPSA) is 72.5 Å². The van der Waals surface area contributed by atoms with Crippen LogP contribution in [0.1, 0.15) is 28.4 Å². The lowest BCUT2D eigenvalue weighted by molar-refractivity contribution is -0.128. The number of rotatable bonds is 7. The Morgan fingerprint density at radius 3 is 2.40 bits per heavy atom. The van der Waals surface area contributed by atoms with Gasteiger partial charge in [0.1, 0.15) is 0 Å². The van der Waals surface area contributed by atoms with Crippen LogP contribution in [0.25, 0.3) is 0 Å². The van der Waals surface area contributed by atoms with Gasteiger partial charge in [0.15, 0.2) is 12.4 Å². The highest BCUT2D eigenvalue weighted by Gasteiger charge is 2.18. The lowest BCUT2D eigenvalue weighted by Crippen LogP contribution is -2.43. The highest BCUT2D eigenvalue weighted by atomic mass is 16.5. The maximum atomic E-state index is 12.0. The average Bonchev–Trinajstić information content (AvgIpc) is 2.60. The van der Waals surface area contributed by atoms with Gasteiger partial charge in [-0.1, -0.05) is 48.0 Å². The number of carbonyl (C=O) groups excluding carboxylic acids is 3. The van der Waals surface area contributed by atoms with Gasteiger partial charge in [-0.05, 0) is 38.0 Å². The smallest absolute Gasteiger partial charge is 0.338 e. The third-order valence-corrected chi connectivity index (χ3v) is 3.70. The molecule has 2 aromatic rings. The lowest BCUT2D eigenvalue weighted by atomic mass is 10.0. The summed E-state index contributed by atoms with van der Waals surface area (Å²) in [5.74, 6) is -1.22. The molecule has 0 bridgehead atoms. The number of hydrogen-bond acceptors (Lipinski definition) is 4. The summed E-state index contributed by atoms with van der Waals surface area (Å²) in [6.45, 7) is 2.86. The minimum absolute atomic E-state index is 0.151. The van der Waals surface area contributed by atoms with Gasteiger partial charge in [0, 0.05) is 0 Å². The molecule has 1 amide bonds. The van der Waals surface area contributed by atoms with E-state index in [1.165, 1.54) is 6.92 Å². The molecule has 0 aliphatic heterocycles. The first-order valence-electron chi connectivity index (χ1n) is 8.03. The molecule has 2 aromatic carbocycles. The minimum Gasteiger partial charge on any atom is -0.452 e. The van der Waals surface area contributed by atoms with E-state index in [0.717, 1.165) is 11.1 Å². The van der Waals surface area contributed by atoms with Gasteiger partial charge in [-0.25, -0.2) is 4.79 Å². The van der Waals surface area contributed by atoms with Gasteiger partial charge < -0.3 is 10.1 Å². The Morgan fingerprint density at radius 1 is 1.04 bits per heavy atom. The number of aryl methyl sites for hydroxylation is 1. The number of carbonyl (C=O) groups is 3. The van der Waals surface area contributed by atoms with E-state index < -0.39 is 24.5 Å². The number of ether oxygens (including phenoxy) is 1. The first-order valence-corrected chi connectivity index (χ1v) is 8.03. The predicted molar refractivity (Wildman–Crippen MR) is 94.2 cm³/mol. The first-order chi connectivity index (χ1) is 12.0. The van der Waals surface area contributed by atoms with Gasteiger partial charge in [0.2, 0.25) is 0 Å². The predicted octanol–water partition coefficient (Wildman–Crippen LogP) is 2.47. The lowest BCUT2D eigenvalue weighted by Gasteiger charge is -2.16. The monoisotopic (exact) mass is 339 g/mol. The van der Waals surface area contributed by atoms with E-state index in [2.05, 4.69) is 5.32 Å². The number of benzene rings is 2. The summed E-state index contributed by atoms with van der Waals surface area (Å²) in [5.41, 5.74) is 2.26. The highest BCUT2D eigenvalue weighted by Crippen LogP contribution is 2.06. The van der Waals surface area contributed by atoms with Crippen LogP contribution >= 0.6 is 0 Å². The molecular formula is C20H21NO4. The number of amides is 1. The summed E-state index contributed by atoms with van der Waals surface area (Å²) in [5, 5.41) is 2.62. The van der Waals surface area contributed by atoms with Gasteiger partial charge >= 0.3 is 5.97 Å². The number of nitrogens with one attached hydrogen (secondary N) is 1. The quantitative estimate of drug-likeness (QED) is 0.787. The standard InChI is InChI=1S/C20H21NO4/c1-14-7-6-10-17(11-14)20(24)25-13-19(23)21-18(15(2)22)12-16-8-4-3-5-9-16/h3-11,18H,12-13H2,1-2H3,(H,21,23)/t18-/m1/s1. The third-order valence-electron chi connectivity index (χ3n) is 3.70. The third kappa shape index (κ3) is 5.88. The van der Waals surface area contributed by atoms with Gasteiger partial charge in [-0.15, -0.1) is 0 Å². The van der Waals surface area contributed by atoms with Crippen molar-refractivity contribution in [2.75, 3.05) is 6.61 Å². The number of Topliss-reactive ketones (excluding diaryl/α,β-unsaturated/α-hetero) is 1. The number of ketones is 1. The molecule has 0 spiro atoms. The summed E-state index contributed by atoms with van der Waals surface area (Å²) in [7, 11) is 0. The van der Waals surface area contributed by atoms with Gasteiger partial charge in [-0.2, -0.15) is 0 Å². The molecule has 0 radical (unpaired) electrons. The summed E-state index contributed by atoms with van der Waals surface area (Å²) < 4.78 is 5.01. The molecule has 0 unspecified atom stereocenters. The van der Waals surface area contributed by atoms with Crippen molar-refractivity contribution >= 4 is 17.7 Å². The molecular weight excluding hydrogens is 318 g/mol. The van der Waals surface area contributed by atoms with Crippen LogP contribution in [0.2, 0.25) is 0 Å². The Balaban J connectivity index is 1.88. The summed E-state index contributed by atoms with van der Waals surface area (Å²) >= 11 is 0. The van der Waals surface area contributed by atoms with Crippen LogP contribution < -0.4 is 5.32 Å². The van der Waals surface area contributed by atoms with E-state index in [-0.39, 0.29) is 5.78 Å². The number of hydrogen-bond donors (Lipinski definition) is 1. The van der Waals surface area contributed by atoms with Crippen LogP contribution in [0.5, 0.6) is 0 Å². The van der Waals surface area contributed by atoms with Crippen molar-refractivity contribution in [2.45, 2.75) is 26.3 Å². The molecule has 5 nitrogen and oxygen atoms in total. The number of esters is 1. The second-order valence-corrected chi connectivity index (χ2v) is 5.87. The van der Waals surface area contributed by atoms with Crippen LogP contribution in [-0.4, -0.2) is 30.3 Å². The van der Waals surface area contributed by atoms with Crippen LogP contribution in [0.3, 0.4) is 0 Å². The highest BCUT2D eigenvalue weighted by molar-refractivity contribution is 5.92. The van der Waals surface area contributed by atoms with E-state index in [4.69, 9.17) is 4.74 Å². The molecule has 0 heterocycles. The van der Waals surface area contributed by atoms with E-state index >= 15 is 0 Å². The van der Waals surface area contributed by atoms with Crippen molar-refractivity contribution in [1.29, 1.82) is 0 Å². The van der Waals surface area contributed by atoms with Crippen molar-refractivity contribution < 1.29 is 19.1 Å². The van der Waals surface area contributed by atoms with Gasteiger partial charge in [0.25, 0.3) is 5.91 Å². The first kappa shape index (κ1) is 18.4. The van der Waals surface area contributed by atoms with Crippen LogP contribution in [0.15, 0.2) is 54.6 Å². The maximum absolute atomic E-state index is 12.0. The van der Waals surface area contributed by atoms with Crippen molar-refractivity contribution in [3.8, 4) is 0 Å². The fourth-order valence-corrected chi connectivity index (χ4v) is 2.37. The normalized spacial score (nSPS) is 11.4. The van der Waals surface area contributed by atoms with Gasteiger partial charge in [0.05, 0.1) is 11.6 Å². The average molecular weight is 339 g/mol. The molecule has 0 aliphatic rings. The van der Waals surface area contributed by atoms with Crippen LogP contribution in [-0.2, 0) is 20.7 Å². The summed E-state index contributed by atoms with van der Waals surface area (Å²) in [6, 6.07) is 15.7. The summed E-state index contributed by atoms with van der Waals surface area (Å²) in [4.78, 5) is 35.7. The molecule has 130 valence electrons. The molecule has 0 saturated heterocycles. The molecule has 0 aliphatic carbocycles. The zero-order valence-corrected chi connectivity index (χ0v) is 14.3. The fraction of sp³-hybridized carbons (Fsp3) is 0.250. The zero-order chi connectivity index (χ0) is 18.2. The summed E-state index contributed by atoms with van der Waals surface area (Å²) in [6.07, 6.45) is 0.397. The largest absolute Gasteiger partial charge is 0.452 e. The molecule has 0 fully saturated rings. The zero-order valence-electron chi connectivity index (χ0n) is 14.3. The van der Waals surface area contributed by atoms with Crippen molar-refractivity contribution in [3.63, 3.8) is 0 Å². The van der Waals surface area contributed by atoms with Crippen LogP contribution in [0, 0.1) is 6.92 Å². The Bertz CT molecular complexity index is 755. The maximum Gasteiger partial charge on any atom is 0.338 e. The van der Waals surface area contributed by atoms with E-state index in [0.29, 0.717) is 12.0 Å². The van der Waals surface area contributed by atoms with Gasteiger partial charge in [-0.3, -0.25) is 9.59 Å². The Morgan fingerprint density at radius 2 is 1.76 bits per heavy atom. The second-order valence-electron chi connectivity index (χ2n) is 5.87. The van der Waals surface area contributed by atoms with Crippen molar-refractivity contribution in [3.05, 3.63) is 71.3 Å². The van der Waals surface area contributed by atoms with E-state index in [9.17, 15) is 14.4 Å². The van der Waals surface area contributed by atoms with Crippen molar-refractivity contribution in [1.82, 2.24) is 5.32 Å². The molecule has 25 heavy (non-hydrogen) atoms. The SMILES string of the molecule is CC(=O)[C@@H](Cc1ccccc1)NC(=O)COC(=O)c1cccc(C)c1. The molecule has 1 atom stereocenters. The van der Waals surface area contributed by atoms with E-state index in [1.807, 2.05) is 43.3 Å². The molecule has 1 N–H and O–H groups in total. The molecule has 2 rings (SSSR count). The van der Waals surface area contributed by atoms with E-state index in [1.54, 1.807) is 18.2 Å². The second kappa shape index (κ2) is 8.78. The van der Waals surface area contributed by atoms with Crippen LogP contribution in [0.4, 0.5) is 0 Å². The molecule has 0 saturated carbocycles. The Labute approximate surface area is 147 Å². The van der Waals surface area contributed by atoms with Crippen molar-refractivity contribution in [2.24, 2.45) is 0 Å². The molecule has 0 aromatic heterocycles.